The van der Waals surface area contributed by atoms with Crippen LogP contribution in [0.25, 0.3) is 65.4 Å². The smallest absolute Gasteiger partial charge is 0.136 e. The van der Waals surface area contributed by atoms with Crippen molar-refractivity contribution in [2.45, 2.75) is 97.3 Å². The molecule has 0 radical (unpaired) electrons. The quantitative estimate of drug-likeness (QED) is 0.0874. The number of fused-ring (bicyclic) bond motifs is 8. The van der Waals surface area contributed by atoms with Crippen molar-refractivity contribution in [2.75, 3.05) is 19.8 Å². The topological polar surface area (TPSA) is 44.7 Å². The Kier molecular flexibility index (Phi) is 10.5. The third-order valence-electron chi connectivity index (χ3n) is 9.93. The van der Waals surface area contributed by atoms with Crippen LogP contribution in [0.1, 0.15) is 96.5 Å². The third-order valence-corrected chi connectivity index (χ3v) is 9.93. The van der Waals surface area contributed by atoms with Gasteiger partial charge in [0.1, 0.15) is 28.1 Å². The van der Waals surface area contributed by atoms with Crippen LogP contribution in [0.15, 0.2) is 81.6 Å². The lowest BCUT2D eigenvalue weighted by Gasteiger charge is -2.07. The second kappa shape index (κ2) is 15.5. The predicted molar refractivity (Wildman–Crippen MR) is 203 cm³/mol. The molecular weight excluding hydrogens is 592 g/mol. The molecule has 0 aliphatic rings. The molecule has 0 atom stereocenters. The summed E-state index contributed by atoms with van der Waals surface area (Å²) >= 11 is 0. The summed E-state index contributed by atoms with van der Waals surface area (Å²) in [6.07, 6.45) is 16.0. The number of furan rings is 2. The lowest BCUT2D eigenvalue weighted by molar-refractivity contribution is 0.127. The number of ether oxygens (including phenoxy) is 2. The minimum absolute atomic E-state index is 0.769. The number of unbranched alkanes of at least 4 members (excludes halogenated alkanes) is 9. The molecule has 2 heterocycles. The maximum atomic E-state index is 6.49. The first-order valence-electron chi connectivity index (χ1n) is 18.6. The minimum atomic E-state index is 0.769. The number of rotatable bonds is 18. The molecule has 250 valence electrons. The zero-order valence-electron chi connectivity index (χ0n) is 28.9. The first-order valence-corrected chi connectivity index (χ1v) is 18.6. The average molecular weight is 643 g/mol. The second-order valence-corrected chi connectivity index (χ2v) is 13.7. The Morgan fingerprint density at radius 2 is 0.979 bits per heavy atom. The van der Waals surface area contributed by atoms with E-state index in [1.54, 1.807) is 0 Å². The highest BCUT2D eigenvalue weighted by Crippen LogP contribution is 2.39. The van der Waals surface area contributed by atoms with E-state index in [4.69, 9.17) is 18.3 Å². The van der Waals surface area contributed by atoms with Crippen LogP contribution in [0.2, 0.25) is 0 Å². The molecule has 0 aliphatic heterocycles. The number of hydrogen-bond donors (Lipinski definition) is 0. The summed E-state index contributed by atoms with van der Waals surface area (Å²) in [5.74, 6) is 0.926. The van der Waals surface area contributed by atoms with Crippen molar-refractivity contribution in [1.82, 2.24) is 0 Å². The van der Waals surface area contributed by atoms with Gasteiger partial charge in [0.25, 0.3) is 0 Å². The Morgan fingerprint density at radius 3 is 1.69 bits per heavy atom. The third kappa shape index (κ3) is 7.34. The standard InChI is InChI=1S/C44H50O4/c1-3-5-7-8-9-10-14-22-46-36-19-18-33-26-38-40-30-43-39(29-44(40)48-42(38)28-35(33)24-36)37-25-32-17-16-31(23-34(32)27-41(37)47-43)15-12-11-13-21-45-20-6-4-2/h16-19,23-30H,3-15,20-22H2,1-2H3. The first-order chi connectivity index (χ1) is 23.7. The number of hydrogen-bond acceptors (Lipinski definition) is 4. The van der Waals surface area contributed by atoms with E-state index in [9.17, 15) is 0 Å². The van der Waals surface area contributed by atoms with Gasteiger partial charge < -0.3 is 18.3 Å². The first kappa shape index (κ1) is 32.5. The summed E-state index contributed by atoms with van der Waals surface area (Å²) in [7, 11) is 0. The molecule has 0 amide bonds. The van der Waals surface area contributed by atoms with Crippen LogP contribution in [0.4, 0.5) is 0 Å². The molecule has 48 heavy (non-hydrogen) atoms. The molecule has 0 bridgehead atoms. The van der Waals surface area contributed by atoms with Crippen molar-refractivity contribution in [2.24, 2.45) is 0 Å². The van der Waals surface area contributed by atoms with Gasteiger partial charge in [-0.05, 0) is 108 Å². The van der Waals surface area contributed by atoms with Gasteiger partial charge in [0.2, 0.25) is 0 Å². The average Bonchev–Trinajstić information content (AvgIpc) is 3.63. The second-order valence-electron chi connectivity index (χ2n) is 13.7. The van der Waals surface area contributed by atoms with Gasteiger partial charge in [0.05, 0.1) is 6.61 Å². The van der Waals surface area contributed by atoms with E-state index in [0.717, 1.165) is 101 Å². The Morgan fingerprint density at radius 1 is 0.438 bits per heavy atom. The van der Waals surface area contributed by atoms with Crippen molar-refractivity contribution < 1.29 is 18.3 Å². The summed E-state index contributed by atoms with van der Waals surface area (Å²) < 4.78 is 24.8. The van der Waals surface area contributed by atoms with Crippen LogP contribution < -0.4 is 4.74 Å². The van der Waals surface area contributed by atoms with E-state index in [-0.39, 0.29) is 0 Å². The van der Waals surface area contributed by atoms with Gasteiger partial charge in [-0.15, -0.1) is 0 Å². The molecule has 7 rings (SSSR count). The summed E-state index contributed by atoms with van der Waals surface area (Å²) in [5, 5.41) is 9.19. The zero-order chi connectivity index (χ0) is 32.7. The molecule has 0 aliphatic carbocycles. The molecule has 0 saturated heterocycles. The van der Waals surface area contributed by atoms with E-state index in [1.165, 1.54) is 79.5 Å². The van der Waals surface area contributed by atoms with E-state index in [2.05, 4.69) is 86.6 Å². The van der Waals surface area contributed by atoms with Crippen LogP contribution in [0.5, 0.6) is 5.75 Å². The summed E-state index contributed by atoms with van der Waals surface area (Å²) in [4.78, 5) is 0. The van der Waals surface area contributed by atoms with Gasteiger partial charge in [-0.1, -0.05) is 89.5 Å². The van der Waals surface area contributed by atoms with Crippen molar-refractivity contribution in [3.05, 3.63) is 78.4 Å². The molecule has 4 heteroatoms. The van der Waals surface area contributed by atoms with E-state index >= 15 is 0 Å². The van der Waals surface area contributed by atoms with Crippen molar-refractivity contribution in [1.29, 1.82) is 0 Å². The molecule has 5 aromatic carbocycles. The molecule has 2 aromatic heterocycles. The Hall–Kier alpha value is -4.02. The van der Waals surface area contributed by atoms with E-state index in [1.807, 2.05) is 0 Å². The van der Waals surface area contributed by atoms with Crippen LogP contribution in [-0.4, -0.2) is 19.8 Å². The molecule has 7 aromatic rings. The maximum absolute atomic E-state index is 6.49. The molecular formula is C44H50O4. The predicted octanol–water partition coefficient (Wildman–Crippen LogP) is 13.5. The van der Waals surface area contributed by atoms with Crippen LogP contribution >= 0.6 is 0 Å². The fraction of sp³-hybridized carbons (Fsp3) is 0.409. The summed E-state index contributed by atoms with van der Waals surface area (Å²) in [6.45, 7) is 7.02. The van der Waals surface area contributed by atoms with Gasteiger partial charge in [-0.25, -0.2) is 0 Å². The van der Waals surface area contributed by atoms with Crippen LogP contribution in [0.3, 0.4) is 0 Å². The minimum Gasteiger partial charge on any atom is -0.494 e. The van der Waals surface area contributed by atoms with Gasteiger partial charge in [0.15, 0.2) is 0 Å². The highest BCUT2D eigenvalue weighted by molar-refractivity contribution is 6.18. The van der Waals surface area contributed by atoms with Crippen molar-refractivity contribution in [3.8, 4) is 5.75 Å². The van der Waals surface area contributed by atoms with E-state index < -0.39 is 0 Å². The van der Waals surface area contributed by atoms with E-state index in [0.29, 0.717) is 0 Å². The number of aryl methyl sites for hydroxylation is 1. The fourth-order valence-corrected chi connectivity index (χ4v) is 7.11. The van der Waals surface area contributed by atoms with Gasteiger partial charge in [-0.2, -0.15) is 0 Å². The van der Waals surface area contributed by atoms with Crippen LogP contribution in [-0.2, 0) is 11.2 Å². The maximum Gasteiger partial charge on any atom is 0.136 e. The molecule has 0 spiro atoms. The molecule has 4 nitrogen and oxygen atoms in total. The van der Waals surface area contributed by atoms with Gasteiger partial charge in [0, 0.05) is 34.8 Å². The Bertz CT molecular complexity index is 1980. The van der Waals surface area contributed by atoms with Crippen LogP contribution in [0, 0.1) is 0 Å². The molecule has 0 unspecified atom stereocenters. The normalized spacial score (nSPS) is 12.1. The number of benzene rings is 5. The summed E-state index contributed by atoms with van der Waals surface area (Å²) in [5.41, 5.74) is 4.97. The Labute approximate surface area is 284 Å². The lowest BCUT2D eigenvalue weighted by Crippen LogP contribution is -1.97. The molecule has 0 fully saturated rings. The summed E-state index contributed by atoms with van der Waals surface area (Å²) in [6, 6.07) is 26.4. The Balaban J connectivity index is 1.06. The monoisotopic (exact) mass is 642 g/mol. The van der Waals surface area contributed by atoms with Crippen molar-refractivity contribution in [3.63, 3.8) is 0 Å². The highest BCUT2D eigenvalue weighted by atomic mass is 16.5. The van der Waals surface area contributed by atoms with Crippen molar-refractivity contribution >= 4 is 65.4 Å². The molecule has 0 N–H and O–H groups in total. The van der Waals surface area contributed by atoms with Gasteiger partial charge >= 0.3 is 0 Å². The largest absolute Gasteiger partial charge is 0.494 e. The zero-order valence-corrected chi connectivity index (χ0v) is 28.9. The fourth-order valence-electron chi connectivity index (χ4n) is 7.11. The van der Waals surface area contributed by atoms with Gasteiger partial charge in [-0.3, -0.25) is 0 Å². The lowest BCUT2D eigenvalue weighted by atomic mass is 10.0. The molecule has 0 saturated carbocycles. The SMILES string of the molecule is CCCCCCCCCOc1ccc2cc3c(cc2c1)oc1cc2c(cc13)oc1cc3cc(CCCCCOCCCC)ccc3cc12. The highest BCUT2D eigenvalue weighted by Gasteiger charge is 2.15.